The predicted octanol–water partition coefficient (Wildman–Crippen LogP) is 6.07. The highest BCUT2D eigenvalue weighted by molar-refractivity contribution is 9.10. The zero-order valence-electron chi connectivity index (χ0n) is 16.2. The summed E-state index contributed by atoms with van der Waals surface area (Å²) < 4.78 is 19.3. The molecule has 5 heteroatoms. The maximum Gasteiger partial charge on any atom is 0.213 e. The minimum atomic E-state index is -0.519. The molecule has 3 aliphatic rings. The fourth-order valence-corrected chi connectivity index (χ4v) is 5.54. The van der Waals surface area contributed by atoms with Crippen LogP contribution in [0.3, 0.4) is 0 Å². The topological polar surface area (TPSA) is 39.7 Å². The highest BCUT2D eigenvalue weighted by Crippen LogP contribution is 2.55. The number of rotatable bonds is 3. The summed E-state index contributed by atoms with van der Waals surface area (Å²) in [6.45, 7) is 0.827. The Morgan fingerprint density at radius 3 is 2.64 bits per heavy atom. The lowest BCUT2D eigenvalue weighted by Gasteiger charge is -2.40. The van der Waals surface area contributed by atoms with E-state index in [1.165, 1.54) is 31.2 Å². The zero-order valence-corrected chi connectivity index (χ0v) is 17.8. The minimum absolute atomic E-state index is 0.131. The Bertz CT molecular complexity index is 863. The Morgan fingerprint density at radius 2 is 1.89 bits per heavy atom. The second kappa shape index (κ2) is 6.96. The lowest BCUT2D eigenvalue weighted by Crippen LogP contribution is -2.42. The van der Waals surface area contributed by atoms with E-state index in [0.29, 0.717) is 5.41 Å². The van der Waals surface area contributed by atoms with Gasteiger partial charge < -0.3 is 19.5 Å². The number of anilines is 1. The summed E-state index contributed by atoms with van der Waals surface area (Å²) in [5, 5.41) is 3.71. The first-order chi connectivity index (χ1) is 13.6. The largest absolute Gasteiger partial charge is 0.497 e. The van der Waals surface area contributed by atoms with E-state index in [0.717, 1.165) is 41.1 Å². The van der Waals surface area contributed by atoms with Crippen LogP contribution < -0.4 is 14.8 Å². The smallest absolute Gasteiger partial charge is 0.213 e. The predicted molar refractivity (Wildman–Crippen MR) is 113 cm³/mol. The first-order valence-corrected chi connectivity index (χ1v) is 10.9. The average Bonchev–Trinajstić information content (AvgIpc) is 3.30. The van der Waals surface area contributed by atoms with Crippen LogP contribution in [0.5, 0.6) is 11.5 Å². The highest BCUT2D eigenvalue weighted by Gasteiger charge is 2.55. The molecule has 4 nitrogen and oxygen atoms in total. The second-order valence-electron chi connectivity index (χ2n) is 8.50. The standard InChI is InChI=1S/C23H26BrNO3/c1-26-18-7-5-17(6-8-18)25-20-13-23(14-22(15-27-23)10-2-3-11-22)28-21-9-4-16(24)12-19(20)21/h4-9,12,20,25H,2-3,10-11,13-15H2,1H3. The zero-order chi connectivity index (χ0) is 19.2. The molecule has 2 aromatic rings. The van der Waals surface area contributed by atoms with Crippen LogP contribution in [0.1, 0.15) is 50.1 Å². The van der Waals surface area contributed by atoms with E-state index in [4.69, 9.17) is 14.2 Å². The minimum Gasteiger partial charge on any atom is -0.497 e. The fraction of sp³-hybridized carbons (Fsp3) is 0.478. The molecule has 2 aliphatic heterocycles. The first-order valence-electron chi connectivity index (χ1n) is 10.1. The molecule has 5 rings (SSSR count). The van der Waals surface area contributed by atoms with Crippen molar-refractivity contribution in [3.63, 3.8) is 0 Å². The number of hydrogen-bond acceptors (Lipinski definition) is 4. The molecule has 2 fully saturated rings. The number of fused-ring (bicyclic) bond motifs is 1. The van der Waals surface area contributed by atoms with Crippen molar-refractivity contribution in [1.82, 2.24) is 0 Å². The van der Waals surface area contributed by atoms with Gasteiger partial charge >= 0.3 is 0 Å². The molecule has 2 heterocycles. The van der Waals surface area contributed by atoms with Crippen LogP contribution in [0.2, 0.25) is 0 Å². The van der Waals surface area contributed by atoms with Gasteiger partial charge in [-0.1, -0.05) is 28.8 Å². The van der Waals surface area contributed by atoms with Gasteiger partial charge in [-0.25, -0.2) is 0 Å². The van der Waals surface area contributed by atoms with Gasteiger partial charge in [0, 0.05) is 34.0 Å². The Balaban J connectivity index is 1.45. The molecule has 28 heavy (non-hydrogen) atoms. The summed E-state index contributed by atoms with van der Waals surface area (Å²) in [7, 11) is 1.69. The van der Waals surface area contributed by atoms with Crippen LogP contribution in [0.15, 0.2) is 46.9 Å². The molecule has 2 unspecified atom stereocenters. The van der Waals surface area contributed by atoms with Crippen molar-refractivity contribution in [3.8, 4) is 11.5 Å². The van der Waals surface area contributed by atoms with E-state index in [-0.39, 0.29) is 6.04 Å². The number of halogens is 1. The Hall–Kier alpha value is -1.72. The molecular formula is C23H26BrNO3. The molecule has 2 atom stereocenters. The number of ether oxygens (including phenoxy) is 3. The van der Waals surface area contributed by atoms with Gasteiger partial charge in [-0.2, -0.15) is 0 Å². The third-order valence-corrected chi connectivity index (χ3v) is 7.03. The van der Waals surface area contributed by atoms with E-state index in [9.17, 15) is 0 Å². The Labute approximate surface area is 174 Å². The van der Waals surface area contributed by atoms with Crippen LogP contribution in [0, 0.1) is 5.41 Å². The van der Waals surface area contributed by atoms with Crippen LogP contribution >= 0.6 is 15.9 Å². The summed E-state index contributed by atoms with van der Waals surface area (Å²) in [5.41, 5.74) is 2.56. The van der Waals surface area contributed by atoms with Gasteiger partial charge in [-0.05, 0) is 55.3 Å². The molecule has 1 saturated heterocycles. The summed E-state index contributed by atoms with van der Waals surface area (Å²) in [5.74, 6) is 1.27. The van der Waals surface area contributed by atoms with Crippen molar-refractivity contribution in [2.75, 3.05) is 19.0 Å². The lowest BCUT2D eigenvalue weighted by molar-refractivity contribution is -0.164. The third kappa shape index (κ3) is 3.29. The molecule has 2 aromatic carbocycles. The third-order valence-electron chi connectivity index (χ3n) is 6.54. The molecule has 1 saturated carbocycles. The van der Waals surface area contributed by atoms with E-state index in [2.05, 4.69) is 45.5 Å². The highest BCUT2D eigenvalue weighted by atomic mass is 79.9. The average molecular weight is 444 g/mol. The molecule has 2 spiro atoms. The maximum atomic E-state index is 6.52. The van der Waals surface area contributed by atoms with Crippen molar-refractivity contribution in [2.24, 2.45) is 5.41 Å². The van der Waals surface area contributed by atoms with Crippen LogP contribution in [0.25, 0.3) is 0 Å². The van der Waals surface area contributed by atoms with Gasteiger partial charge in [-0.15, -0.1) is 0 Å². The SMILES string of the molecule is COc1ccc(NC2CC3(CC4(CCCC4)CO3)Oc3ccc(Br)cc32)cc1. The maximum absolute atomic E-state index is 6.52. The Kier molecular flexibility index (Phi) is 4.55. The van der Waals surface area contributed by atoms with Crippen molar-refractivity contribution >= 4 is 21.6 Å². The van der Waals surface area contributed by atoms with Gasteiger partial charge in [0.1, 0.15) is 11.5 Å². The van der Waals surface area contributed by atoms with Gasteiger partial charge in [0.25, 0.3) is 0 Å². The molecule has 0 bridgehead atoms. The summed E-state index contributed by atoms with van der Waals surface area (Å²) in [6.07, 6.45) is 6.97. The van der Waals surface area contributed by atoms with Gasteiger partial charge in [0.15, 0.2) is 0 Å². The van der Waals surface area contributed by atoms with Crippen molar-refractivity contribution in [3.05, 3.63) is 52.5 Å². The van der Waals surface area contributed by atoms with Crippen LogP contribution in [0.4, 0.5) is 5.69 Å². The molecule has 0 amide bonds. The molecule has 0 aromatic heterocycles. The quantitative estimate of drug-likeness (QED) is 0.624. The van der Waals surface area contributed by atoms with Gasteiger partial charge in [-0.3, -0.25) is 0 Å². The number of hydrogen-bond donors (Lipinski definition) is 1. The number of methoxy groups -OCH3 is 1. The van der Waals surface area contributed by atoms with Crippen molar-refractivity contribution in [2.45, 2.75) is 50.4 Å². The van der Waals surface area contributed by atoms with Crippen molar-refractivity contribution in [1.29, 1.82) is 0 Å². The fourth-order valence-electron chi connectivity index (χ4n) is 5.17. The van der Waals surface area contributed by atoms with E-state index in [1.54, 1.807) is 7.11 Å². The van der Waals surface area contributed by atoms with Crippen LogP contribution in [-0.2, 0) is 4.74 Å². The van der Waals surface area contributed by atoms with Gasteiger partial charge in [0.05, 0.1) is 19.8 Å². The molecule has 148 valence electrons. The monoisotopic (exact) mass is 443 g/mol. The van der Waals surface area contributed by atoms with Crippen molar-refractivity contribution < 1.29 is 14.2 Å². The normalized spacial score (nSPS) is 27.6. The number of nitrogens with one attached hydrogen (secondary N) is 1. The Morgan fingerprint density at radius 1 is 1.11 bits per heavy atom. The molecule has 0 radical (unpaired) electrons. The summed E-state index contributed by atoms with van der Waals surface area (Å²) in [6, 6.07) is 14.5. The van der Waals surface area contributed by atoms with E-state index >= 15 is 0 Å². The molecule has 1 aliphatic carbocycles. The van der Waals surface area contributed by atoms with E-state index in [1.807, 2.05) is 18.2 Å². The molecule has 1 N–H and O–H groups in total. The molecular weight excluding hydrogens is 418 g/mol. The summed E-state index contributed by atoms with van der Waals surface area (Å²) >= 11 is 3.61. The summed E-state index contributed by atoms with van der Waals surface area (Å²) in [4.78, 5) is 0. The first kappa shape index (κ1) is 18.3. The lowest BCUT2D eigenvalue weighted by atomic mass is 9.80. The second-order valence-corrected chi connectivity index (χ2v) is 9.41. The van der Waals surface area contributed by atoms with E-state index < -0.39 is 5.79 Å². The van der Waals surface area contributed by atoms with Crippen LogP contribution in [-0.4, -0.2) is 19.5 Å². The van der Waals surface area contributed by atoms with Gasteiger partial charge in [0.2, 0.25) is 5.79 Å². The number of benzene rings is 2.